The van der Waals surface area contributed by atoms with E-state index in [9.17, 15) is 28.4 Å². The Morgan fingerprint density at radius 2 is 1.61 bits per heavy atom. The predicted octanol–water partition coefficient (Wildman–Crippen LogP) is -2.76. The second-order valence-corrected chi connectivity index (χ2v) is 4.00. The smallest absolute Gasteiger partial charge is 0.327 e. The number of H-pyrrole nitrogens is 5. The van der Waals surface area contributed by atoms with Gasteiger partial charge in [0.25, 0.3) is 17.0 Å². The molecule has 13 heteroatoms. The van der Waals surface area contributed by atoms with Crippen molar-refractivity contribution in [3.63, 3.8) is 0 Å². The summed E-state index contributed by atoms with van der Waals surface area (Å²) < 4.78 is 12.2. The molecule has 0 saturated heterocycles. The molecule has 7 N–H and O–H groups in total. The summed E-state index contributed by atoms with van der Waals surface area (Å²) in [4.78, 5) is 66.9. The third-order valence-corrected chi connectivity index (χ3v) is 2.41. The lowest BCUT2D eigenvalue weighted by atomic mass is 10.4. The minimum absolute atomic E-state index is 0.0413. The van der Waals surface area contributed by atoms with E-state index in [0.29, 0.717) is 0 Å². The van der Waals surface area contributed by atoms with E-state index >= 15 is 0 Å². The Bertz CT molecular complexity index is 1100. The number of aromatic amines is 5. The van der Waals surface area contributed by atoms with Gasteiger partial charge in [0.15, 0.2) is 5.69 Å². The summed E-state index contributed by atoms with van der Waals surface area (Å²) in [5.41, 5.74) is 1.63. The molecule has 0 radical (unpaired) electrons. The van der Waals surface area contributed by atoms with E-state index in [0.717, 1.165) is 6.20 Å². The molecule has 120 valence electrons. The molecule has 1 amide bonds. The quantitative estimate of drug-likeness (QED) is 0.279. The van der Waals surface area contributed by atoms with Crippen molar-refractivity contribution in [3.05, 3.63) is 59.5 Å². The Morgan fingerprint density at radius 3 is 2.17 bits per heavy atom. The van der Waals surface area contributed by atoms with Crippen LogP contribution in [0.1, 0.15) is 10.5 Å². The first kappa shape index (κ1) is 15.6. The van der Waals surface area contributed by atoms with Crippen molar-refractivity contribution < 1.29 is 9.18 Å². The minimum Gasteiger partial charge on any atom is -0.364 e. The van der Waals surface area contributed by atoms with Crippen LogP contribution in [0.3, 0.4) is 0 Å². The first-order valence-electron chi connectivity index (χ1n) is 5.77. The normalized spacial score (nSPS) is 10.1. The fraction of sp³-hybridized carbons (Fsp3) is 0. The highest BCUT2D eigenvalue weighted by Crippen LogP contribution is 1.89. The van der Waals surface area contributed by atoms with Crippen LogP contribution in [-0.2, 0) is 0 Å². The lowest BCUT2D eigenvalue weighted by molar-refractivity contribution is 0.0992. The van der Waals surface area contributed by atoms with Crippen LogP contribution in [0.25, 0.3) is 11.2 Å². The molecule has 0 fully saturated rings. The number of imidazole rings is 1. The van der Waals surface area contributed by atoms with Crippen molar-refractivity contribution in [2.24, 2.45) is 5.73 Å². The molecule has 0 saturated carbocycles. The molecule has 0 aliphatic heterocycles. The van der Waals surface area contributed by atoms with Gasteiger partial charge in [-0.25, -0.2) is 14.6 Å². The zero-order valence-electron chi connectivity index (χ0n) is 11.0. The Kier molecular flexibility index (Phi) is 4.02. The molecule has 0 spiro atoms. The van der Waals surface area contributed by atoms with Crippen molar-refractivity contribution in [2.75, 3.05) is 0 Å². The van der Waals surface area contributed by atoms with Gasteiger partial charge < -0.3 is 10.7 Å². The number of nitrogens with one attached hydrogen (secondary N) is 5. The van der Waals surface area contributed by atoms with Crippen LogP contribution in [0.4, 0.5) is 4.39 Å². The first-order valence-corrected chi connectivity index (χ1v) is 5.77. The lowest BCUT2D eigenvalue weighted by Gasteiger charge is -1.91. The van der Waals surface area contributed by atoms with E-state index in [1.165, 1.54) is 0 Å². The number of halogens is 1. The van der Waals surface area contributed by atoms with Crippen molar-refractivity contribution in [1.29, 1.82) is 0 Å². The van der Waals surface area contributed by atoms with E-state index in [2.05, 4.69) is 19.9 Å². The molecule has 12 nitrogen and oxygen atoms in total. The van der Waals surface area contributed by atoms with Crippen molar-refractivity contribution in [3.8, 4) is 0 Å². The zero-order valence-corrected chi connectivity index (χ0v) is 11.0. The molecule has 3 aromatic rings. The average Bonchev–Trinajstić information content (AvgIpc) is 2.82. The van der Waals surface area contributed by atoms with Crippen LogP contribution >= 0.6 is 0 Å². The maximum Gasteiger partial charge on any atom is 0.327 e. The second-order valence-electron chi connectivity index (χ2n) is 4.00. The van der Waals surface area contributed by atoms with Gasteiger partial charge >= 0.3 is 11.4 Å². The number of nitrogens with two attached hydrogens (primary N) is 1. The molecular formula is C10H8FN7O5. The van der Waals surface area contributed by atoms with Gasteiger partial charge in [-0.2, -0.15) is 4.39 Å². The number of primary amides is 1. The van der Waals surface area contributed by atoms with Gasteiger partial charge in [0.05, 0.1) is 6.20 Å². The van der Waals surface area contributed by atoms with Gasteiger partial charge in [-0.05, 0) is 0 Å². The molecule has 3 rings (SSSR count). The first-order chi connectivity index (χ1) is 10.8. The van der Waals surface area contributed by atoms with Gasteiger partial charge in [-0.1, -0.05) is 0 Å². The monoisotopic (exact) mass is 325 g/mol. The topological polar surface area (TPSA) is 203 Å². The zero-order chi connectivity index (χ0) is 17.1. The van der Waals surface area contributed by atoms with Crippen LogP contribution in [-0.4, -0.2) is 35.8 Å². The van der Waals surface area contributed by atoms with E-state index < -0.39 is 40.0 Å². The number of amides is 1. The van der Waals surface area contributed by atoms with Gasteiger partial charge in [0, 0.05) is 0 Å². The van der Waals surface area contributed by atoms with E-state index in [1.54, 1.807) is 0 Å². The number of nitrogens with zero attached hydrogens (tertiary/aromatic N) is 1. The predicted molar refractivity (Wildman–Crippen MR) is 73.5 cm³/mol. The Balaban J connectivity index is 0.000000168. The standard InChI is InChI=1S/C5H4FN3O2.C5H4N4O3/c6-2-1-8-5(11)3(9-2)4(7)10;10-3-1-2(7-4(11)6-1)8-5(12)9-3/h1H,(H2,7,10)(H,8,11);(H4,6,7,8,9,10,11,12). The van der Waals surface area contributed by atoms with Gasteiger partial charge in [0.1, 0.15) is 11.2 Å². The molecule has 0 aliphatic rings. The molecule has 0 unspecified atom stereocenters. The highest BCUT2D eigenvalue weighted by atomic mass is 19.1. The van der Waals surface area contributed by atoms with Crippen molar-refractivity contribution in [1.82, 2.24) is 29.9 Å². The summed E-state index contributed by atoms with van der Waals surface area (Å²) in [6.07, 6.45) is 0.745. The van der Waals surface area contributed by atoms with E-state index in [1.807, 2.05) is 9.97 Å². The minimum atomic E-state index is -1.05. The summed E-state index contributed by atoms with van der Waals surface area (Å²) in [6, 6.07) is 0. The highest BCUT2D eigenvalue weighted by Gasteiger charge is 2.08. The third-order valence-electron chi connectivity index (χ3n) is 2.41. The van der Waals surface area contributed by atoms with E-state index in [-0.39, 0.29) is 11.2 Å². The Morgan fingerprint density at radius 1 is 1.00 bits per heavy atom. The fourth-order valence-corrected chi connectivity index (χ4v) is 1.51. The summed E-state index contributed by atoms with van der Waals surface area (Å²) >= 11 is 0. The summed E-state index contributed by atoms with van der Waals surface area (Å²) in [5, 5.41) is 0. The maximum atomic E-state index is 12.2. The number of carbonyl (C=O) groups is 1. The molecule has 23 heavy (non-hydrogen) atoms. The SMILES string of the molecule is NC(=O)c1nc(F)c[nH]c1=O.O=c1[nH]c(=O)c2[nH]c(=O)[nH]c2[nH]1. The number of carbonyl (C=O) groups excluding carboxylic acids is 1. The molecule has 0 aliphatic carbocycles. The van der Waals surface area contributed by atoms with Crippen LogP contribution < -0.4 is 28.2 Å². The van der Waals surface area contributed by atoms with Gasteiger partial charge in [-0.15, -0.1) is 0 Å². The van der Waals surface area contributed by atoms with Crippen LogP contribution in [0.15, 0.2) is 25.4 Å². The van der Waals surface area contributed by atoms with Crippen LogP contribution in [0.2, 0.25) is 0 Å². The average molecular weight is 325 g/mol. The van der Waals surface area contributed by atoms with Crippen LogP contribution in [0.5, 0.6) is 0 Å². The second kappa shape index (κ2) is 5.92. The Hall–Kier alpha value is -3.77. The van der Waals surface area contributed by atoms with Gasteiger partial charge in [0.2, 0.25) is 5.95 Å². The summed E-state index contributed by atoms with van der Waals surface area (Å²) in [7, 11) is 0. The molecule has 3 heterocycles. The molecule has 0 atom stereocenters. The number of hydrogen-bond acceptors (Lipinski definition) is 6. The largest absolute Gasteiger partial charge is 0.364 e. The number of fused-ring (bicyclic) bond motifs is 1. The summed E-state index contributed by atoms with van der Waals surface area (Å²) in [5.74, 6) is -2.00. The van der Waals surface area contributed by atoms with Crippen LogP contribution in [0, 0.1) is 5.95 Å². The number of hydrogen-bond donors (Lipinski definition) is 6. The lowest BCUT2D eigenvalue weighted by Crippen LogP contribution is -2.25. The van der Waals surface area contributed by atoms with Crippen molar-refractivity contribution >= 4 is 17.1 Å². The molecule has 3 aromatic heterocycles. The maximum absolute atomic E-state index is 12.2. The summed E-state index contributed by atoms with van der Waals surface area (Å²) in [6.45, 7) is 0. The fourth-order valence-electron chi connectivity index (χ4n) is 1.51. The highest BCUT2D eigenvalue weighted by molar-refractivity contribution is 5.90. The number of rotatable bonds is 1. The van der Waals surface area contributed by atoms with Crippen molar-refractivity contribution in [2.45, 2.75) is 0 Å². The number of aromatic nitrogens is 6. The van der Waals surface area contributed by atoms with E-state index in [4.69, 9.17) is 5.73 Å². The molecule has 0 aromatic carbocycles. The Labute approximate surface area is 122 Å². The molecule has 0 bridgehead atoms. The molecular weight excluding hydrogens is 317 g/mol. The third kappa shape index (κ3) is 3.46. The van der Waals surface area contributed by atoms with Gasteiger partial charge in [-0.3, -0.25) is 34.3 Å².